The van der Waals surface area contributed by atoms with Crippen molar-refractivity contribution in [1.29, 1.82) is 0 Å². The van der Waals surface area contributed by atoms with Crippen LogP contribution in [0.2, 0.25) is 0 Å². The maximum Gasteiger partial charge on any atom is 0.248 e. The van der Waals surface area contributed by atoms with Gasteiger partial charge in [-0.3, -0.25) is 0 Å². The fourth-order valence-corrected chi connectivity index (χ4v) is 4.67. The molecule has 4 aromatic rings. The molecule has 2 aliphatic heterocycles. The van der Waals surface area contributed by atoms with Crippen LogP contribution in [0.25, 0.3) is 5.69 Å². The standard InChI is InChI=1S/C25H25N7O/c1-16-13-31-25(32-21(16)12-22(32)18-7-5-4-6-8-18)28-24(29-31)27-19-9-10-20(23(11-19)33-3)30-14-17(2)26-15-30/h4-11,14-15,22H,12-13H2,1-3H3,(H,27,29). The Hall–Kier alpha value is -4.07. The minimum absolute atomic E-state index is 0.297. The second-order valence-corrected chi connectivity index (χ2v) is 8.55. The van der Waals surface area contributed by atoms with Crippen LogP contribution in [0.5, 0.6) is 5.75 Å². The molecule has 0 radical (unpaired) electrons. The van der Waals surface area contributed by atoms with E-state index in [1.807, 2.05) is 40.6 Å². The molecule has 1 unspecified atom stereocenters. The van der Waals surface area contributed by atoms with Crippen molar-refractivity contribution in [3.63, 3.8) is 0 Å². The van der Waals surface area contributed by atoms with Crippen molar-refractivity contribution in [2.45, 2.75) is 32.9 Å². The largest absolute Gasteiger partial charge is 0.494 e. The molecule has 1 saturated heterocycles. The van der Waals surface area contributed by atoms with Crippen LogP contribution < -0.4 is 15.0 Å². The second-order valence-electron chi connectivity index (χ2n) is 8.55. The lowest BCUT2D eigenvalue weighted by molar-refractivity contribution is 0.413. The van der Waals surface area contributed by atoms with Gasteiger partial charge < -0.3 is 19.5 Å². The van der Waals surface area contributed by atoms with Gasteiger partial charge in [0, 0.05) is 30.1 Å². The van der Waals surface area contributed by atoms with Crippen molar-refractivity contribution in [3.8, 4) is 11.4 Å². The number of nitrogens with zero attached hydrogens (tertiary/aromatic N) is 6. The maximum atomic E-state index is 5.64. The number of aryl methyl sites for hydroxylation is 1. The Morgan fingerprint density at radius 3 is 2.70 bits per heavy atom. The minimum atomic E-state index is 0.297. The van der Waals surface area contributed by atoms with Crippen molar-refractivity contribution in [2.24, 2.45) is 0 Å². The van der Waals surface area contributed by atoms with Gasteiger partial charge in [-0.2, -0.15) is 4.98 Å². The molecule has 6 rings (SSSR count). The maximum absolute atomic E-state index is 5.64. The van der Waals surface area contributed by atoms with Gasteiger partial charge in [0.1, 0.15) is 5.75 Å². The molecule has 166 valence electrons. The Balaban J connectivity index is 1.29. The van der Waals surface area contributed by atoms with E-state index in [4.69, 9.17) is 14.8 Å². The molecule has 1 N–H and O–H groups in total. The lowest BCUT2D eigenvalue weighted by Crippen LogP contribution is -2.44. The van der Waals surface area contributed by atoms with E-state index in [-0.39, 0.29) is 0 Å². The van der Waals surface area contributed by atoms with Gasteiger partial charge in [0.2, 0.25) is 11.9 Å². The van der Waals surface area contributed by atoms with Crippen LogP contribution in [0.1, 0.15) is 30.6 Å². The number of anilines is 3. The summed E-state index contributed by atoms with van der Waals surface area (Å²) < 4.78 is 9.57. The number of benzene rings is 2. The predicted molar refractivity (Wildman–Crippen MR) is 127 cm³/mol. The quantitative estimate of drug-likeness (QED) is 0.483. The number of methoxy groups -OCH3 is 1. The average molecular weight is 440 g/mol. The van der Waals surface area contributed by atoms with Crippen LogP contribution in [0.4, 0.5) is 17.6 Å². The molecule has 0 aliphatic carbocycles. The zero-order chi connectivity index (χ0) is 22.5. The van der Waals surface area contributed by atoms with E-state index < -0.39 is 0 Å². The number of fused-ring (bicyclic) bond motifs is 3. The van der Waals surface area contributed by atoms with Crippen LogP contribution in [0.15, 0.2) is 72.3 Å². The number of allylic oxidation sites excluding steroid dienone is 1. The van der Waals surface area contributed by atoms with E-state index in [1.165, 1.54) is 16.8 Å². The summed E-state index contributed by atoms with van der Waals surface area (Å²) in [6, 6.07) is 16.9. The van der Waals surface area contributed by atoms with Crippen molar-refractivity contribution in [2.75, 3.05) is 17.3 Å². The summed E-state index contributed by atoms with van der Waals surface area (Å²) in [7, 11) is 1.67. The molecule has 2 aromatic carbocycles. The molecule has 0 saturated carbocycles. The van der Waals surface area contributed by atoms with Gasteiger partial charge in [-0.25, -0.2) is 9.67 Å². The van der Waals surface area contributed by atoms with E-state index in [0.717, 1.165) is 41.7 Å². The summed E-state index contributed by atoms with van der Waals surface area (Å²) in [5.41, 5.74) is 6.75. The van der Waals surface area contributed by atoms with Crippen molar-refractivity contribution in [3.05, 3.63) is 83.6 Å². The van der Waals surface area contributed by atoms with Crippen LogP contribution in [-0.4, -0.2) is 31.4 Å². The molecule has 0 amide bonds. The molecule has 2 aliphatic rings. The molecule has 8 heteroatoms. The fourth-order valence-electron chi connectivity index (χ4n) is 4.67. The van der Waals surface area contributed by atoms with Crippen molar-refractivity contribution >= 4 is 17.6 Å². The molecule has 0 bridgehead atoms. The van der Waals surface area contributed by atoms with Gasteiger partial charge in [0.15, 0.2) is 0 Å². The summed E-state index contributed by atoms with van der Waals surface area (Å²) in [6.45, 7) is 4.91. The number of nitrogens with one attached hydrogen (secondary N) is 1. The van der Waals surface area contributed by atoms with Gasteiger partial charge in [-0.1, -0.05) is 30.3 Å². The SMILES string of the molecule is COc1cc(Nc2nc3n(n2)CC(C)=C2CC(c4ccccc4)N23)ccc1-n1cnc(C)c1. The molecule has 33 heavy (non-hydrogen) atoms. The number of hydrogen-bond acceptors (Lipinski definition) is 6. The Kier molecular flexibility index (Phi) is 4.46. The fraction of sp³-hybridized carbons (Fsp3) is 0.240. The lowest BCUT2D eigenvalue weighted by Gasteiger charge is -2.47. The van der Waals surface area contributed by atoms with Crippen molar-refractivity contribution in [1.82, 2.24) is 24.3 Å². The Bertz CT molecular complexity index is 1370. The first-order chi connectivity index (χ1) is 16.1. The summed E-state index contributed by atoms with van der Waals surface area (Å²) in [6.07, 6.45) is 4.80. The third-order valence-electron chi connectivity index (χ3n) is 6.35. The Labute approximate surface area is 192 Å². The van der Waals surface area contributed by atoms with E-state index in [0.29, 0.717) is 12.0 Å². The van der Waals surface area contributed by atoms with Gasteiger partial charge in [-0.05, 0) is 37.1 Å². The van der Waals surface area contributed by atoms with E-state index in [1.54, 1.807) is 13.4 Å². The highest BCUT2D eigenvalue weighted by molar-refractivity contribution is 5.64. The van der Waals surface area contributed by atoms with E-state index in [2.05, 4.69) is 52.5 Å². The van der Waals surface area contributed by atoms with E-state index >= 15 is 0 Å². The van der Waals surface area contributed by atoms with Crippen LogP contribution in [0, 0.1) is 6.92 Å². The second kappa shape index (κ2) is 7.51. The van der Waals surface area contributed by atoms with Crippen LogP contribution in [-0.2, 0) is 6.54 Å². The number of rotatable bonds is 5. The normalized spacial score (nSPS) is 16.8. The highest BCUT2D eigenvalue weighted by atomic mass is 16.5. The molecule has 1 atom stereocenters. The number of hydrogen-bond donors (Lipinski definition) is 1. The summed E-state index contributed by atoms with van der Waals surface area (Å²) in [5, 5.41) is 8.10. The molecular formula is C25H25N7O. The van der Waals surface area contributed by atoms with Gasteiger partial charge in [-0.15, -0.1) is 5.10 Å². The topological polar surface area (TPSA) is 73.0 Å². The molecule has 4 heterocycles. The first kappa shape index (κ1) is 19.6. The number of ether oxygens (including phenoxy) is 1. The van der Waals surface area contributed by atoms with Crippen LogP contribution >= 0.6 is 0 Å². The Morgan fingerprint density at radius 1 is 1.09 bits per heavy atom. The van der Waals surface area contributed by atoms with Gasteiger partial charge in [0.05, 0.1) is 37.4 Å². The summed E-state index contributed by atoms with van der Waals surface area (Å²) >= 11 is 0. The Morgan fingerprint density at radius 2 is 1.94 bits per heavy atom. The smallest absolute Gasteiger partial charge is 0.248 e. The van der Waals surface area contributed by atoms with Crippen molar-refractivity contribution < 1.29 is 4.74 Å². The molecular weight excluding hydrogens is 414 g/mol. The highest BCUT2D eigenvalue weighted by Gasteiger charge is 2.41. The molecule has 1 fully saturated rings. The van der Waals surface area contributed by atoms with Gasteiger partial charge >= 0.3 is 0 Å². The summed E-state index contributed by atoms with van der Waals surface area (Å²) in [5.74, 6) is 2.20. The highest BCUT2D eigenvalue weighted by Crippen LogP contribution is 2.48. The summed E-state index contributed by atoms with van der Waals surface area (Å²) in [4.78, 5) is 11.5. The number of aromatic nitrogens is 5. The zero-order valence-electron chi connectivity index (χ0n) is 18.9. The molecule has 0 spiro atoms. The molecule has 8 nitrogen and oxygen atoms in total. The lowest BCUT2D eigenvalue weighted by atomic mass is 9.88. The first-order valence-electron chi connectivity index (χ1n) is 11.0. The number of imidazole rings is 1. The zero-order valence-corrected chi connectivity index (χ0v) is 18.9. The van der Waals surface area contributed by atoms with Gasteiger partial charge in [0.25, 0.3) is 0 Å². The van der Waals surface area contributed by atoms with Crippen LogP contribution in [0.3, 0.4) is 0 Å². The average Bonchev–Trinajstić information content (AvgIpc) is 3.39. The molecule has 2 aromatic heterocycles. The first-order valence-corrected chi connectivity index (χ1v) is 11.0. The minimum Gasteiger partial charge on any atom is -0.494 e. The third kappa shape index (κ3) is 3.26. The predicted octanol–water partition coefficient (Wildman–Crippen LogP) is 4.76. The third-order valence-corrected chi connectivity index (χ3v) is 6.35. The monoisotopic (exact) mass is 439 g/mol. The van der Waals surface area contributed by atoms with E-state index in [9.17, 15) is 0 Å².